The van der Waals surface area contributed by atoms with Crippen LogP contribution in [-0.2, 0) is 24.3 Å². The highest BCUT2D eigenvalue weighted by Gasteiger charge is 2.28. The normalized spacial score (nSPS) is 20.5. The molecule has 5 heteroatoms. The van der Waals surface area contributed by atoms with Gasteiger partial charge in [0.2, 0.25) is 5.91 Å². The maximum atomic E-state index is 11.6. The number of hydrogen-bond donors (Lipinski definition) is 1. The Labute approximate surface area is 128 Å². The number of thiophene rings is 1. The molecule has 0 saturated heterocycles. The Balaban J connectivity index is 1.82. The van der Waals surface area contributed by atoms with Gasteiger partial charge in [-0.1, -0.05) is 0 Å². The lowest BCUT2D eigenvalue weighted by atomic mass is 10.0. The number of nitrogens with zero attached hydrogens (tertiary/aromatic N) is 2. The molecule has 0 radical (unpaired) electrons. The van der Waals surface area contributed by atoms with Gasteiger partial charge < -0.3 is 14.8 Å². The second kappa shape index (κ2) is 4.71. The molecule has 1 N–H and O–H groups in total. The van der Waals surface area contributed by atoms with E-state index in [-0.39, 0.29) is 5.91 Å². The third kappa shape index (κ3) is 1.95. The summed E-state index contributed by atoms with van der Waals surface area (Å²) in [6.07, 6.45) is 3.13. The number of carbonyl (C=O) groups excluding carboxylic acids is 1. The zero-order chi connectivity index (χ0) is 14.6. The molecule has 21 heavy (non-hydrogen) atoms. The number of amides is 1. The number of rotatable bonds is 0. The van der Waals surface area contributed by atoms with Gasteiger partial charge in [0.15, 0.2) is 0 Å². The van der Waals surface area contributed by atoms with E-state index in [1.54, 1.807) is 6.92 Å². The molecule has 0 fully saturated rings. The van der Waals surface area contributed by atoms with Crippen LogP contribution in [0.3, 0.4) is 0 Å². The van der Waals surface area contributed by atoms with E-state index in [1.165, 1.54) is 26.7 Å². The molecule has 4 nitrogen and oxygen atoms in total. The van der Waals surface area contributed by atoms with E-state index in [1.807, 2.05) is 16.2 Å². The third-order valence-corrected chi connectivity index (χ3v) is 5.88. The summed E-state index contributed by atoms with van der Waals surface area (Å²) >= 11 is 1.85. The summed E-state index contributed by atoms with van der Waals surface area (Å²) in [4.78, 5) is 14.9. The molecule has 2 aliphatic rings. The molecule has 1 amide bonds. The van der Waals surface area contributed by atoms with Gasteiger partial charge in [-0.25, -0.2) is 0 Å². The Morgan fingerprint density at radius 1 is 1.43 bits per heavy atom. The number of fused-ring (bicyclic) bond motifs is 5. The smallest absolute Gasteiger partial charge is 0.219 e. The van der Waals surface area contributed by atoms with E-state index >= 15 is 0 Å². The number of hydrogen-bond acceptors (Lipinski definition) is 3. The molecule has 0 aliphatic carbocycles. The first-order valence-electron chi connectivity index (χ1n) is 7.45. The topological polar surface area (TPSA) is 37.3 Å². The summed E-state index contributed by atoms with van der Waals surface area (Å²) in [5.74, 6) is 0.178. The molecule has 0 saturated carbocycles. The Kier molecular flexibility index (Phi) is 2.94. The zero-order valence-corrected chi connectivity index (χ0v) is 13.2. The van der Waals surface area contributed by atoms with E-state index in [2.05, 4.69) is 35.1 Å². The van der Waals surface area contributed by atoms with Crippen molar-refractivity contribution < 1.29 is 4.79 Å². The van der Waals surface area contributed by atoms with Crippen LogP contribution in [0.5, 0.6) is 0 Å². The van der Waals surface area contributed by atoms with Gasteiger partial charge in [0, 0.05) is 48.4 Å². The molecular formula is C16H19N3OS. The molecule has 4 heterocycles. The standard InChI is InChI=1S/C16H19N3OS/c1-10-14-4-3-6-19(14)16-13(8-17-10)12-5-7-18(11(2)20)9-15(12)21-16/h3-4,6,10,17H,5,7-9H2,1-2H3. The largest absolute Gasteiger partial charge is 0.337 e. The molecule has 110 valence electrons. The maximum Gasteiger partial charge on any atom is 0.219 e. The van der Waals surface area contributed by atoms with Crippen LogP contribution >= 0.6 is 11.3 Å². The zero-order valence-electron chi connectivity index (χ0n) is 12.3. The van der Waals surface area contributed by atoms with E-state index in [0.717, 1.165) is 26.1 Å². The Morgan fingerprint density at radius 3 is 3.10 bits per heavy atom. The van der Waals surface area contributed by atoms with Crippen molar-refractivity contribution in [3.8, 4) is 5.00 Å². The van der Waals surface area contributed by atoms with Gasteiger partial charge in [0.25, 0.3) is 0 Å². The molecule has 0 spiro atoms. The Bertz CT molecular complexity index is 715. The van der Waals surface area contributed by atoms with Crippen molar-refractivity contribution in [3.05, 3.63) is 40.0 Å². The molecule has 4 rings (SSSR count). The van der Waals surface area contributed by atoms with E-state index in [9.17, 15) is 4.79 Å². The number of carbonyl (C=O) groups is 1. The van der Waals surface area contributed by atoms with Crippen LogP contribution in [0.25, 0.3) is 5.00 Å². The minimum absolute atomic E-state index is 0.178. The van der Waals surface area contributed by atoms with Crippen LogP contribution in [0.4, 0.5) is 0 Å². The van der Waals surface area contributed by atoms with Gasteiger partial charge >= 0.3 is 0 Å². The lowest BCUT2D eigenvalue weighted by molar-refractivity contribution is -0.129. The molecule has 1 unspecified atom stereocenters. The summed E-state index contributed by atoms with van der Waals surface area (Å²) in [7, 11) is 0. The fourth-order valence-electron chi connectivity index (χ4n) is 3.39. The number of aromatic nitrogens is 1. The first-order chi connectivity index (χ1) is 10.1. The SMILES string of the molecule is CC(=O)N1CCc2c(sc3c2CNC(C)c2cccn2-3)C1. The molecular weight excluding hydrogens is 282 g/mol. The average molecular weight is 301 g/mol. The Morgan fingerprint density at radius 2 is 2.29 bits per heavy atom. The molecule has 2 aliphatic heterocycles. The third-order valence-electron chi connectivity index (χ3n) is 4.62. The predicted molar refractivity (Wildman–Crippen MR) is 83.7 cm³/mol. The van der Waals surface area contributed by atoms with Crippen LogP contribution in [0.15, 0.2) is 18.3 Å². The van der Waals surface area contributed by atoms with Crippen LogP contribution in [0, 0.1) is 0 Å². The first kappa shape index (κ1) is 13.1. The highest BCUT2D eigenvalue weighted by atomic mass is 32.1. The monoisotopic (exact) mass is 301 g/mol. The fraction of sp³-hybridized carbons (Fsp3) is 0.438. The fourth-order valence-corrected chi connectivity index (χ4v) is 4.78. The molecule has 0 aromatic carbocycles. The highest BCUT2D eigenvalue weighted by molar-refractivity contribution is 7.15. The summed E-state index contributed by atoms with van der Waals surface area (Å²) in [5.41, 5.74) is 4.21. The molecule has 1 atom stereocenters. The van der Waals surface area contributed by atoms with Crippen molar-refractivity contribution in [2.24, 2.45) is 0 Å². The summed E-state index contributed by atoms with van der Waals surface area (Å²) in [5, 5.41) is 4.95. The van der Waals surface area contributed by atoms with Crippen molar-refractivity contribution in [1.82, 2.24) is 14.8 Å². The van der Waals surface area contributed by atoms with Crippen molar-refractivity contribution in [2.45, 2.75) is 39.4 Å². The Hall–Kier alpha value is -1.59. The summed E-state index contributed by atoms with van der Waals surface area (Å²) < 4.78 is 2.32. The van der Waals surface area contributed by atoms with Crippen LogP contribution in [-0.4, -0.2) is 21.9 Å². The molecule has 0 bridgehead atoms. The maximum absolute atomic E-state index is 11.6. The van der Waals surface area contributed by atoms with Crippen molar-refractivity contribution >= 4 is 17.2 Å². The minimum Gasteiger partial charge on any atom is -0.337 e. The highest BCUT2D eigenvalue weighted by Crippen LogP contribution is 2.38. The summed E-state index contributed by atoms with van der Waals surface area (Å²) in [6, 6.07) is 4.67. The van der Waals surface area contributed by atoms with Crippen LogP contribution in [0.1, 0.15) is 41.6 Å². The number of nitrogens with one attached hydrogen (secondary N) is 1. The van der Waals surface area contributed by atoms with Gasteiger partial charge in [-0.05, 0) is 31.0 Å². The van der Waals surface area contributed by atoms with Crippen molar-refractivity contribution in [2.75, 3.05) is 6.54 Å². The molecule has 2 aromatic heterocycles. The van der Waals surface area contributed by atoms with Gasteiger partial charge in [0.05, 0.1) is 6.54 Å². The van der Waals surface area contributed by atoms with E-state index < -0.39 is 0 Å². The summed E-state index contributed by atoms with van der Waals surface area (Å²) in [6.45, 7) is 6.42. The first-order valence-corrected chi connectivity index (χ1v) is 8.26. The predicted octanol–water partition coefficient (Wildman–Crippen LogP) is 2.61. The lowest BCUT2D eigenvalue weighted by Crippen LogP contribution is -2.33. The average Bonchev–Trinajstić information content (AvgIpc) is 3.05. The van der Waals surface area contributed by atoms with Crippen molar-refractivity contribution in [1.29, 1.82) is 0 Å². The quantitative estimate of drug-likeness (QED) is 0.812. The minimum atomic E-state index is 0.178. The van der Waals surface area contributed by atoms with E-state index in [4.69, 9.17) is 0 Å². The lowest BCUT2D eigenvalue weighted by Gasteiger charge is -2.26. The van der Waals surface area contributed by atoms with Gasteiger partial charge in [-0.15, -0.1) is 11.3 Å². The second-order valence-electron chi connectivity index (χ2n) is 5.88. The van der Waals surface area contributed by atoms with Gasteiger partial charge in [0.1, 0.15) is 5.00 Å². The van der Waals surface area contributed by atoms with Crippen LogP contribution < -0.4 is 5.32 Å². The van der Waals surface area contributed by atoms with E-state index in [0.29, 0.717) is 6.04 Å². The van der Waals surface area contributed by atoms with Crippen LogP contribution in [0.2, 0.25) is 0 Å². The van der Waals surface area contributed by atoms with Gasteiger partial charge in [-0.3, -0.25) is 4.79 Å². The van der Waals surface area contributed by atoms with Gasteiger partial charge in [-0.2, -0.15) is 0 Å². The molecule has 2 aromatic rings. The van der Waals surface area contributed by atoms with Crippen molar-refractivity contribution in [3.63, 3.8) is 0 Å². The second-order valence-corrected chi connectivity index (χ2v) is 6.97.